The summed E-state index contributed by atoms with van der Waals surface area (Å²) in [6, 6.07) is 0. The lowest BCUT2D eigenvalue weighted by Crippen LogP contribution is -2.15. The van der Waals surface area contributed by atoms with Crippen LogP contribution >= 0.6 is 11.8 Å². The normalized spacial score (nSPS) is 11.3. The molecule has 0 unspecified atom stereocenters. The molecule has 0 saturated carbocycles. The summed E-state index contributed by atoms with van der Waals surface area (Å²) < 4.78 is 0. The Morgan fingerprint density at radius 1 is 1.59 bits per heavy atom. The maximum atomic E-state index is 11.4. The van der Waals surface area contributed by atoms with Crippen LogP contribution in [0.15, 0.2) is 23.5 Å². The van der Waals surface area contributed by atoms with Gasteiger partial charge in [0.1, 0.15) is 5.82 Å². The highest BCUT2D eigenvalue weighted by atomic mass is 32.2. The van der Waals surface area contributed by atoms with Gasteiger partial charge < -0.3 is 10.1 Å². The van der Waals surface area contributed by atoms with Gasteiger partial charge in [0.25, 0.3) is 5.56 Å². The van der Waals surface area contributed by atoms with Crippen LogP contribution in [0.25, 0.3) is 4.91 Å². The fourth-order valence-electron chi connectivity index (χ4n) is 1.18. The number of nitrogens with one attached hydrogen (secondary N) is 1. The van der Waals surface area contributed by atoms with Gasteiger partial charge >= 0.3 is 0 Å². The van der Waals surface area contributed by atoms with Crippen molar-refractivity contribution in [1.29, 1.82) is 0 Å². The Morgan fingerprint density at radius 2 is 2.24 bits per heavy atom. The van der Waals surface area contributed by atoms with E-state index < -0.39 is 17.1 Å². The van der Waals surface area contributed by atoms with Crippen LogP contribution < -0.4 is 5.56 Å². The fourth-order valence-corrected chi connectivity index (χ4v) is 1.70. The first-order valence-corrected chi connectivity index (χ1v) is 5.95. The average Bonchev–Trinajstić information content (AvgIpc) is 2.29. The van der Waals surface area contributed by atoms with Gasteiger partial charge in [0.15, 0.2) is 11.5 Å². The third-order valence-electron chi connectivity index (χ3n) is 1.95. The van der Waals surface area contributed by atoms with E-state index in [2.05, 4.69) is 16.5 Å². The summed E-state index contributed by atoms with van der Waals surface area (Å²) in [4.78, 5) is 29.6. The maximum absolute atomic E-state index is 11.4. The summed E-state index contributed by atoms with van der Waals surface area (Å²) in [5.41, 5.74) is -0.961. The smallest absolute Gasteiger partial charge is 0.294 e. The van der Waals surface area contributed by atoms with Crippen molar-refractivity contribution in [2.45, 2.75) is 6.92 Å². The average molecular weight is 252 g/mol. The predicted molar refractivity (Wildman–Crippen MR) is 68.2 cm³/mol. The van der Waals surface area contributed by atoms with Crippen molar-refractivity contribution in [2.75, 3.05) is 6.26 Å². The lowest BCUT2D eigenvalue weighted by Gasteiger charge is -2.05. The fraction of sp³-hybridized carbons (Fsp3) is 0.182. The highest BCUT2D eigenvalue weighted by Gasteiger charge is 2.15. The summed E-state index contributed by atoms with van der Waals surface area (Å²) in [7, 11) is 0. The van der Waals surface area contributed by atoms with E-state index in [-0.39, 0.29) is 11.5 Å². The highest BCUT2D eigenvalue weighted by Crippen LogP contribution is 2.22. The Balaban J connectivity index is 3.47. The van der Waals surface area contributed by atoms with Crippen molar-refractivity contribution >= 4 is 22.5 Å². The molecule has 1 aromatic heterocycles. The number of ketones is 1. The van der Waals surface area contributed by atoms with Crippen LogP contribution in [-0.2, 0) is 0 Å². The van der Waals surface area contributed by atoms with Gasteiger partial charge in [-0.05, 0) is 12.3 Å². The van der Waals surface area contributed by atoms with Crippen molar-refractivity contribution in [2.24, 2.45) is 0 Å². The Hall–Kier alpha value is -1.82. The van der Waals surface area contributed by atoms with Gasteiger partial charge in [0.05, 0.1) is 0 Å². The molecule has 1 heterocycles. The van der Waals surface area contributed by atoms with Crippen LogP contribution in [0.2, 0.25) is 0 Å². The lowest BCUT2D eigenvalue weighted by molar-refractivity contribution is 0.100. The maximum Gasteiger partial charge on any atom is 0.294 e. The number of thioether (sulfide) groups is 1. The van der Waals surface area contributed by atoms with Crippen LogP contribution in [0.1, 0.15) is 23.2 Å². The summed E-state index contributed by atoms with van der Waals surface area (Å²) in [6.45, 7) is 4.78. The second kappa shape index (κ2) is 5.49. The zero-order chi connectivity index (χ0) is 13.0. The molecule has 6 heteroatoms. The molecule has 0 spiro atoms. The van der Waals surface area contributed by atoms with E-state index in [1.165, 1.54) is 18.7 Å². The number of nitrogens with zero attached hydrogens (tertiary/aromatic N) is 1. The Bertz CT molecular complexity index is 546. The molecule has 0 aliphatic rings. The molecule has 0 aromatic carbocycles. The molecule has 0 amide bonds. The van der Waals surface area contributed by atoms with E-state index in [9.17, 15) is 14.7 Å². The highest BCUT2D eigenvalue weighted by molar-refractivity contribution is 8.07. The number of Topliss-reactive ketones (excluding diaryl/α,β-unsaturated/α-hetero) is 1. The minimum Gasteiger partial charge on any atom is -0.501 e. The largest absolute Gasteiger partial charge is 0.501 e. The molecule has 5 nitrogen and oxygen atoms in total. The molecule has 2 N–H and O–H groups in total. The number of H-pyrrole nitrogens is 1. The predicted octanol–water partition coefficient (Wildman–Crippen LogP) is 1.57. The molecule has 0 saturated heterocycles. The Kier molecular flexibility index (Phi) is 4.28. The molecule has 90 valence electrons. The van der Waals surface area contributed by atoms with Gasteiger partial charge in [-0.1, -0.05) is 12.7 Å². The zero-order valence-corrected chi connectivity index (χ0v) is 10.3. The summed E-state index contributed by atoms with van der Waals surface area (Å²) in [5, 5.41) is 9.40. The molecular formula is C11H12N2O3S. The molecule has 0 aliphatic carbocycles. The van der Waals surface area contributed by atoms with Crippen LogP contribution in [-0.4, -0.2) is 27.1 Å². The molecule has 1 rings (SSSR count). The van der Waals surface area contributed by atoms with E-state index in [0.29, 0.717) is 4.91 Å². The summed E-state index contributed by atoms with van der Waals surface area (Å²) >= 11 is 1.35. The standard InChI is InChI=1S/C11H12N2O3S/c1-4-5-7(17-3)10-12-8(6(2)14)9(15)11(16)13-10/h4-5,15H,1H2,2-3H3,(H,12,13,16)/b7-5-. The van der Waals surface area contributed by atoms with E-state index in [1.54, 1.807) is 18.4 Å². The summed E-state index contributed by atoms with van der Waals surface area (Å²) in [6.07, 6.45) is 5.01. The van der Waals surface area contributed by atoms with Crippen molar-refractivity contribution in [3.63, 3.8) is 0 Å². The van der Waals surface area contributed by atoms with Crippen LogP contribution in [0.4, 0.5) is 0 Å². The van der Waals surface area contributed by atoms with Crippen molar-refractivity contribution in [3.05, 3.63) is 40.6 Å². The second-order valence-corrected chi connectivity index (χ2v) is 3.99. The lowest BCUT2D eigenvalue weighted by atomic mass is 10.2. The summed E-state index contributed by atoms with van der Waals surface area (Å²) in [5.74, 6) is -0.875. The first kappa shape index (κ1) is 13.2. The van der Waals surface area contributed by atoms with Crippen molar-refractivity contribution in [3.8, 4) is 5.75 Å². The van der Waals surface area contributed by atoms with E-state index >= 15 is 0 Å². The van der Waals surface area contributed by atoms with Gasteiger partial charge in [-0.15, -0.1) is 11.8 Å². The Labute approximate surface area is 102 Å². The number of carbonyl (C=O) groups excluding carboxylic acids is 1. The molecule has 0 radical (unpaired) electrons. The van der Waals surface area contributed by atoms with Crippen LogP contribution in [0.3, 0.4) is 0 Å². The molecule has 17 heavy (non-hydrogen) atoms. The number of aromatic hydroxyl groups is 1. The zero-order valence-electron chi connectivity index (χ0n) is 9.48. The third-order valence-corrected chi connectivity index (χ3v) is 2.72. The van der Waals surface area contributed by atoms with Gasteiger partial charge in [-0.25, -0.2) is 4.98 Å². The van der Waals surface area contributed by atoms with Crippen molar-refractivity contribution in [1.82, 2.24) is 9.97 Å². The number of carbonyl (C=O) groups is 1. The quantitative estimate of drug-likeness (QED) is 0.627. The SMILES string of the molecule is C=C/C=C(\SC)c1nc(C(C)=O)c(O)c(=O)[nH]1. The monoisotopic (exact) mass is 252 g/mol. The number of hydrogen-bond acceptors (Lipinski definition) is 5. The number of rotatable bonds is 4. The molecule has 0 aliphatic heterocycles. The number of allylic oxidation sites excluding steroid dienone is 2. The van der Waals surface area contributed by atoms with Gasteiger partial charge in [-0.2, -0.15) is 0 Å². The third kappa shape index (κ3) is 2.85. The molecule has 1 aromatic rings. The number of hydrogen-bond donors (Lipinski definition) is 2. The number of aromatic nitrogens is 2. The van der Waals surface area contributed by atoms with Gasteiger partial charge in [0, 0.05) is 11.8 Å². The van der Waals surface area contributed by atoms with Gasteiger partial charge in [-0.3, -0.25) is 9.59 Å². The minimum absolute atomic E-state index is 0.229. The van der Waals surface area contributed by atoms with Gasteiger partial charge in [0.2, 0.25) is 5.75 Å². The van der Waals surface area contributed by atoms with E-state index in [4.69, 9.17) is 0 Å². The Morgan fingerprint density at radius 3 is 2.71 bits per heavy atom. The molecular weight excluding hydrogens is 240 g/mol. The molecule has 0 bridgehead atoms. The molecule has 0 atom stereocenters. The van der Waals surface area contributed by atoms with E-state index in [0.717, 1.165) is 0 Å². The molecule has 0 fully saturated rings. The minimum atomic E-state index is -0.732. The first-order valence-electron chi connectivity index (χ1n) is 4.72. The second-order valence-electron chi connectivity index (χ2n) is 3.14. The van der Waals surface area contributed by atoms with Crippen LogP contribution in [0.5, 0.6) is 5.75 Å². The van der Waals surface area contributed by atoms with Crippen LogP contribution in [0, 0.1) is 0 Å². The van der Waals surface area contributed by atoms with Crippen molar-refractivity contribution < 1.29 is 9.90 Å². The van der Waals surface area contributed by atoms with E-state index in [1.807, 2.05) is 0 Å². The topological polar surface area (TPSA) is 83.0 Å². The number of aromatic amines is 1. The first-order chi connectivity index (χ1) is 8.01.